The fourth-order valence-electron chi connectivity index (χ4n) is 4.20. The first-order valence-corrected chi connectivity index (χ1v) is 11.3. The SMILES string of the molecule is OC[C@H]1C[C@@H]1C[Si](c1ccccc1)(c1ccccc1)c1ccccc1. The summed E-state index contributed by atoms with van der Waals surface area (Å²) in [5.74, 6) is 1.13. The Kier molecular flexibility index (Phi) is 4.56. The minimum atomic E-state index is -2.09. The van der Waals surface area contributed by atoms with E-state index in [1.807, 2.05) is 0 Å². The van der Waals surface area contributed by atoms with Gasteiger partial charge in [-0.25, -0.2) is 0 Å². The molecule has 0 bridgehead atoms. The first kappa shape index (κ1) is 16.3. The second-order valence-electron chi connectivity index (χ2n) is 7.15. The van der Waals surface area contributed by atoms with Crippen molar-refractivity contribution in [1.82, 2.24) is 0 Å². The molecule has 0 aromatic heterocycles. The first-order valence-electron chi connectivity index (χ1n) is 9.12. The largest absolute Gasteiger partial charge is 0.396 e. The summed E-state index contributed by atoms with van der Waals surface area (Å²) in [6.07, 6.45) is 1.16. The average molecular weight is 345 g/mol. The van der Waals surface area contributed by atoms with E-state index >= 15 is 0 Å². The van der Waals surface area contributed by atoms with E-state index in [2.05, 4.69) is 91.0 Å². The van der Waals surface area contributed by atoms with Crippen molar-refractivity contribution in [3.05, 3.63) is 91.0 Å². The number of aliphatic hydroxyl groups is 1. The van der Waals surface area contributed by atoms with Crippen molar-refractivity contribution in [2.75, 3.05) is 6.61 Å². The Labute approximate surface area is 151 Å². The summed E-state index contributed by atoms with van der Waals surface area (Å²) in [5.41, 5.74) is 0. The molecular formula is C23H24OSi. The van der Waals surface area contributed by atoms with Crippen LogP contribution >= 0.6 is 0 Å². The Morgan fingerprint density at radius 3 is 1.36 bits per heavy atom. The molecule has 3 aromatic carbocycles. The van der Waals surface area contributed by atoms with Crippen molar-refractivity contribution >= 4 is 23.6 Å². The summed E-state index contributed by atoms with van der Waals surface area (Å²) in [4.78, 5) is 0. The molecule has 0 unspecified atom stereocenters. The van der Waals surface area contributed by atoms with Gasteiger partial charge < -0.3 is 5.11 Å². The maximum Gasteiger partial charge on any atom is 0.148 e. The van der Waals surface area contributed by atoms with Crippen LogP contribution in [0.3, 0.4) is 0 Å². The number of benzene rings is 3. The van der Waals surface area contributed by atoms with E-state index in [0.717, 1.165) is 6.42 Å². The van der Waals surface area contributed by atoms with E-state index in [1.165, 1.54) is 21.6 Å². The molecule has 2 heteroatoms. The molecule has 0 heterocycles. The second kappa shape index (κ2) is 6.99. The highest BCUT2D eigenvalue weighted by Gasteiger charge is 2.47. The Bertz CT molecular complexity index is 705. The quantitative estimate of drug-likeness (QED) is 0.538. The highest BCUT2D eigenvalue weighted by atomic mass is 28.3. The third kappa shape index (κ3) is 3.08. The number of aliphatic hydroxyl groups excluding tert-OH is 1. The van der Waals surface area contributed by atoms with Crippen LogP contribution in [0.1, 0.15) is 6.42 Å². The van der Waals surface area contributed by atoms with Crippen molar-refractivity contribution in [2.45, 2.75) is 12.5 Å². The second-order valence-corrected chi connectivity index (χ2v) is 11.1. The van der Waals surface area contributed by atoms with Crippen molar-refractivity contribution in [3.63, 3.8) is 0 Å². The maximum atomic E-state index is 9.60. The first-order chi connectivity index (χ1) is 12.3. The van der Waals surface area contributed by atoms with Crippen LogP contribution in [-0.2, 0) is 0 Å². The lowest BCUT2D eigenvalue weighted by molar-refractivity contribution is 0.270. The molecule has 1 fully saturated rings. The molecule has 2 atom stereocenters. The highest BCUT2D eigenvalue weighted by Crippen LogP contribution is 2.43. The van der Waals surface area contributed by atoms with Crippen LogP contribution in [-0.4, -0.2) is 19.8 Å². The van der Waals surface area contributed by atoms with E-state index in [-0.39, 0.29) is 0 Å². The Morgan fingerprint density at radius 2 is 1.04 bits per heavy atom. The van der Waals surface area contributed by atoms with Gasteiger partial charge in [0.2, 0.25) is 0 Å². The summed E-state index contributed by atoms with van der Waals surface area (Å²) in [5, 5.41) is 14.0. The lowest BCUT2D eigenvalue weighted by Crippen LogP contribution is -2.67. The van der Waals surface area contributed by atoms with Gasteiger partial charge in [-0.05, 0) is 39.9 Å². The zero-order chi connectivity index (χ0) is 17.1. The van der Waals surface area contributed by atoms with Gasteiger partial charge in [0.15, 0.2) is 0 Å². The van der Waals surface area contributed by atoms with Gasteiger partial charge in [0.05, 0.1) is 0 Å². The lowest BCUT2D eigenvalue weighted by atomic mass is 10.3. The lowest BCUT2D eigenvalue weighted by Gasteiger charge is -2.34. The summed E-state index contributed by atoms with van der Waals surface area (Å²) < 4.78 is 0. The predicted octanol–water partition coefficient (Wildman–Crippen LogP) is 2.79. The molecular weight excluding hydrogens is 320 g/mol. The van der Waals surface area contributed by atoms with Gasteiger partial charge >= 0.3 is 0 Å². The predicted molar refractivity (Wildman–Crippen MR) is 107 cm³/mol. The molecule has 4 rings (SSSR count). The average Bonchev–Trinajstić information content (AvgIpc) is 3.46. The van der Waals surface area contributed by atoms with Gasteiger partial charge in [-0.2, -0.15) is 0 Å². The molecule has 126 valence electrons. The van der Waals surface area contributed by atoms with E-state index in [1.54, 1.807) is 0 Å². The highest BCUT2D eigenvalue weighted by molar-refractivity contribution is 7.11. The third-order valence-electron chi connectivity index (χ3n) is 5.67. The summed E-state index contributed by atoms with van der Waals surface area (Å²) in [7, 11) is -2.09. The molecule has 3 aromatic rings. The molecule has 25 heavy (non-hydrogen) atoms. The minimum Gasteiger partial charge on any atom is -0.396 e. The molecule has 0 spiro atoms. The molecule has 1 aliphatic rings. The van der Waals surface area contributed by atoms with Crippen molar-refractivity contribution in [3.8, 4) is 0 Å². The normalized spacial score (nSPS) is 19.6. The molecule has 1 N–H and O–H groups in total. The van der Waals surface area contributed by atoms with Crippen LogP contribution in [0, 0.1) is 11.8 Å². The monoisotopic (exact) mass is 344 g/mol. The zero-order valence-corrected chi connectivity index (χ0v) is 15.4. The van der Waals surface area contributed by atoms with Crippen molar-refractivity contribution in [1.29, 1.82) is 0 Å². The Balaban J connectivity index is 1.91. The maximum absolute atomic E-state index is 9.60. The number of hydrogen-bond donors (Lipinski definition) is 1. The Morgan fingerprint density at radius 1 is 0.640 bits per heavy atom. The zero-order valence-electron chi connectivity index (χ0n) is 14.4. The van der Waals surface area contributed by atoms with Gasteiger partial charge in [0.25, 0.3) is 0 Å². The van der Waals surface area contributed by atoms with Crippen LogP contribution in [0.2, 0.25) is 6.04 Å². The minimum absolute atomic E-state index is 0.327. The van der Waals surface area contributed by atoms with Gasteiger partial charge in [0.1, 0.15) is 8.07 Å². The van der Waals surface area contributed by atoms with Crippen LogP contribution in [0.15, 0.2) is 91.0 Å². The summed E-state index contributed by atoms with van der Waals surface area (Å²) >= 11 is 0. The molecule has 1 nitrogen and oxygen atoms in total. The smallest absolute Gasteiger partial charge is 0.148 e. The Hall–Kier alpha value is -2.16. The fraction of sp³-hybridized carbons (Fsp3) is 0.217. The van der Waals surface area contributed by atoms with Crippen LogP contribution < -0.4 is 15.6 Å². The molecule has 0 saturated heterocycles. The van der Waals surface area contributed by atoms with Crippen LogP contribution in [0.4, 0.5) is 0 Å². The van der Waals surface area contributed by atoms with Gasteiger partial charge in [-0.3, -0.25) is 0 Å². The van der Waals surface area contributed by atoms with Gasteiger partial charge in [-0.15, -0.1) is 0 Å². The topological polar surface area (TPSA) is 20.2 Å². The van der Waals surface area contributed by atoms with Crippen molar-refractivity contribution < 1.29 is 5.11 Å². The number of hydrogen-bond acceptors (Lipinski definition) is 1. The molecule has 0 aliphatic heterocycles. The van der Waals surface area contributed by atoms with E-state index in [4.69, 9.17) is 0 Å². The summed E-state index contributed by atoms with van der Waals surface area (Å²) in [6.45, 7) is 0.327. The van der Waals surface area contributed by atoms with Crippen LogP contribution in [0.5, 0.6) is 0 Å². The van der Waals surface area contributed by atoms with Crippen molar-refractivity contribution in [2.24, 2.45) is 11.8 Å². The van der Waals surface area contributed by atoms with Gasteiger partial charge in [-0.1, -0.05) is 91.0 Å². The number of rotatable bonds is 6. The molecule has 0 amide bonds. The molecule has 1 aliphatic carbocycles. The van der Waals surface area contributed by atoms with E-state index in [9.17, 15) is 5.11 Å². The fourth-order valence-corrected chi connectivity index (χ4v) is 9.48. The van der Waals surface area contributed by atoms with Gasteiger partial charge in [0, 0.05) is 6.61 Å². The third-order valence-corrected chi connectivity index (χ3v) is 10.8. The van der Waals surface area contributed by atoms with E-state index < -0.39 is 8.07 Å². The van der Waals surface area contributed by atoms with Crippen LogP contribution in [0.25, 0.3) is 0 Å². The summed E-state index contributed by atoms with van der Waals surface area (Å²) in [6, 6.07) is 34.3. The molecule has 1 saturated carbocycles. The molecule has 0 radical (unpaired) electrons. The standard InChI is InChI=1S/C23H24OSi/c24-17-19-16-20(19)18-25(21-10-4-1-5-11-21,22-12-6-2-7-13-22)23-14-8-3-9-15-23/h1-15,19-20,24H,16-18H2/t19-,20-/m1/s1. The van der Waals surface area contributed by atoms with E-state index in [0.29, 0.717) is 18.4 Å².